The molecule has 9 heteroatoms. The highest BCUT2D eigenvalue weighted by Gasteiger charge is 2.27. The lowest BCUT2D eigenvalue weighted by atomic mass is 9.97. The molecule has 8 nitrogen and oxygen atoms in total. The van der Waals surface area contributed by atoms with Gasteiger partial charge in [0.15, 0.2) is 5.13 Å². The Morgan fingerprint density at radius 3 is 2.86 bits per heavy atom. The van der Waals surface area contributed by atoms with Crippen LogP contribution in [0, 0.1) is 0 Å². The molecule has 4 rings (SSSR count). The molecule has 1 aliphatic rings. The van der Waals surface area contributed by atoms with E-state index in [1.54, 1.807) is 6.20 Å². The molecule has 1 unspecified atom stereocenters. The van der Waals surface area contributed by atoms with Crippen LogP contribution in [0.5, 0.6) is 0 Å². The molecule has 3 aromatic rings. The lowest BCUT2D eigenvalue weighted by molar-refractivity contribution is -0.117. The Labute approximate surface area is 172 Å². The minimum atomic E-state index is -0.530. The fourth-order valence-corrected chi connectivity index (χ4v) is 4.18. The number of carbonyl (C=O) groups is 2. The van der Waals surface area contributed by atoms with E-state index < -0.39 is 5.91 Å². The van der Waals surface area contributed by atoms with Crippen molar-refractivity contribution in [3.63, 3.8) is 0 Å². The van der Waals surface area contributed by atoms with Gasteiger partial charge in [0.25, 0.3) is 5.91 Å². The molecule has 3 heterocycles. The van der Waals surface area contributed by atoms with Gasteiger partial charge in [0.05, 0.1) is 6.54 Å². The van der Waals surface area contributed by atoms with Gasteiger partial charge < -0.3 is 16.0 Å². The Hall–Kier alpha value is -3.04. The molecule has 0 saturated carbocycles. The normalized spacial score (nSPS) is 17.2. The standard InChI is InChI=1S/C20H22N6O2S/c21-18(28)17-16(13-5-2-1-3-6-13)24-19(25-17)14-7-4-9-26(11-14)12-15(27)23-20-22-8-10-29-20/h1-3,5-6,8,10,14H,4,7,9,11-12H2,(H2,21,28)(H,24,25)(H,22,23,27). The van der Waals surface area contributed by atoms with Crippen LogP contribution in [0.4, 0.5) is 5.13 Å². The van der Waals surface area contributed by atoms with Crippen LogP contribution >= 0.6 is 11.3 Å². The highest BCUT2D eigenvalue weighted by molar-refractivity contribution is 7.13. The second kappa shape index (κ2) is 8.54. The van der Waals surface area contributed by atoms with Crippen LogP contribution in [0.25, 0.3) is 11.3 Å². The van der Waals surface area contributed by atoms with Crippen LogP contribution in [0.2, 0.25) is 0 Å². The third-order valence-corrected chi connectivity index (χ3v) is 5.64. The number of hydrogen-bond acceptors (Lipinski definition) is 6. The topological polar surface area (TPSA) is 117 Å². The van der Waals surface area contributed by atoms with E-state index in [-0.39, 0.29) is 11.8 Å². The third-order valence-electron chi connectivity index (χ3n) is 4.95. The predicted molar refractivity (Wildman–Crippen MR) is 112 cm³/mol. The smallest absolute Gasteiger partial charge is 0.267 e. The first-order valence-electron chi connectivity index (χ1n) is 9.47. The van der Waals surface area contributed by atoms with Gasteiger partial charge in [0.2, 0.25) is 5.91 Å². The number of hydrogen-bond donors (Lipinski definition) is 3. The van der Waals surface area contributed by atoms with Crippen molar-refractivity contribution in [3.05, 3.63) is 53.4 Å². The summed E-state index contributed by atoms with van der Waals surface area (Å²) in [4.78, 5) is 38.2. The molecule has 29 heavy (non-hydrogen) atoms. The summed E-state index contributed by atoms with van der Waals surface area (Å²) < 4.78 is 0. The number of carbonyl (C=O) groups excluding carboxylic acids is 2. The molecule has 1 aromatic carbocycles. The van der Waals surface area contributed by atoms with Crippen molar-refractivity contribution in [2.24, 2.45) is 5.73 Å². The number of nitrogens with two attached hydrogens (primary N) is 1. The van der Waals surface area contributed by atoms with E-state index in [0.29, 0.717) is 29.6 Å². The number of anilines is 1. The number of amides is 2. The number of imidazole rings is 1. The lowest BCUT2D eigenvalue weighted by Crippen LogP contribution is -2.40. The Kier molecular flexibility index (Phi) is 5.68. The second-order valence-electron chi connectivity index (χ2n) is 7.04. The van der Waals surface area contributed by atoms with Crippen LogP contribution in [0.1, 0.15) is 35.1 Å². The van der Waals surface area contributed by atoms with Crippen molar-refractivity contribution in [3.8, 4) is 11.3 Å². The molecule has 0 radical (unpaired) electrons. The van der Waals surface area contributed by atoms with Crippen LogP contribution in [0.3, 0.4) is 0 Å². The zero-order valence-corrected chi connectivity index (χ0v) is 16.6. The maximum atomic E-state index is 12.3. The highest BCUT2D eigenvalue weighted by Crippen LogP contribution is 2.29. The molecule has 4 N–H and O–H groups in total. The molecule has 2 aromatic heterocycles. The molecule has 0 bridgehead atoms. The highest BCUT2D eigenvalue weighted by atomic mass is 32.1. The minimum absolute atomic E-state index is 0.0807. The molecule has 2 amide bonds. The van der Waals surface area contributed by atoms with E-state index in [1.165, 1.54) is 11.3 Å². The van der Waals surface area contributed by atoms with Crippen LogP contribution in [-0.2, 0) is 4.79 Å². The number of nitrogens with one attached hydrogen (secondary N) is 2. The summed E-state index contributed by atoms with van der Waals surface area (Å²) in [6.45, 7) is 1.83. The van der Waals surface area contributed by atoms with Gasteiger partial charge in [-0.05, 0) is 19.4 Å². The van der Waals surface area contributed by atoms with Gasteiger partial charge >= 0.3 is 0 Å². The summed E-state index contributed by atoms with van der Waals surface area (Å²) in [6.07, 6.45) is 3.54. The van der Waals surface area contributed by atoms with Crippen LogP contribution < -0.4 is 11.1 Å². The van der Waals surface area contributed by atoms with Gasteiger partial charge in [-0.15, -0.1) is 11.3 Å². The summed E-state index contributed by atoms with van der Waals surface area (Å²) in [6, 6.07) is 9.53. The van der Waals surface area contributed by atoms with Crippen molar-refractivity contribution in [1.29, 1.82) is 0 Å². The maximum absolute atomic E-state index is 12.3. The van der Waals surface area contributed by atoms with Gasteiger partial charge in [-0.2, -0.15) is 0 Å². The first kappa shape index (κ1) is 19.3. The van der Waals surface area contributed by atoms with E-state index in [0.717, 1.165) is 30.8 Å². The summed E-state index contributed by atoms with van der Waals surface area (Å²) in [5, 5.41) is 5.24. The molecule has 1 aliphatic heterocycles. The zero-order chi connectivity index (χ0) is 20.2. The summed E-state index contributed by atoms with van der Waals surface area (Å²) in [7, 11) is 0. The molecule has 1 saturated heterocycles. The number of primary amides is 1. The number of piperidine rings is 1. The fourth-order valence-electron chi connectivity index (χ4n) is 3.64. The van der Waals surface area contributed by atoms with Crippen molar-refractivity contribution < 1.29 is 9.59 Å². The predicted octanol–water partition coefficient (Wildman–Crippen LogP) is 2.45. The van der Waals surface area contributed by atoms with Gasteiger partial charge in [0, 0.05) is 29.6 Å². The monoisotopic (exact) mass is 410 g/mol. The first-order chi connectivity index (χ1) is 14.1. The van der Waals surface area contributed by atoms with Crippen molar-refractivity contribution in [1.82, 2.24) is 19.9 Å². The van der Waals surface area contributed by atoms with Crippen molar-refractivity contribution in [2.75, 3.05) is 25.0 Å². The van der Waals surface area contributed by atoms with Crippen LogP contribution in [-0.4, -0.2) is 51.3 Å². The summed E-state index contributed by atoms with van der Waals surface area (Å²) in [5.41, 5.74) is 7.32. The van der Waals surface area contributed by atoms with Gasteiger partial charge in [-0.25, -0.2) is 9.97 Å². The Morgan fingerprint density at radius 2 is 2.14 bits per heavy atom. The Balaban J connectivity index is 1.48. The van der Waals surface area contributed by atoms with Crippen LogP contribution in [0.15, 0.2) is 41.9 Å². The van der Waals surface area contributed by atoms with E-state index in [2.05, 4.69) is 20.2 Å². The van der Waals surface area contributed by atoms with Crippen molar-refractivity contribution in [2.45, 2.75) is 18.8 Å². The number of benzene rings is 1. The first-order valence-corrected chi connectivity index (χ1v) is 10.3. The molecule has 0 aliphatic carbocycles. The molecule has 0 spiro atoms. The number of aromatic nitrogens is 3. The summed E-state index contributed by atoms with van der Waals surface area (Å²) in [5.74, 6) is 0.232. The molecular formula is C20H22N6O2S. The number of rotatable bonds is 6. The second-order valence-corrected chi connectivity index (χ2v) is 7.93. The average molecular weight is 411 g/mol. The van der Waals surface area contributed by atoms with E-state index in [1.807, 2.05) is 35.7 Å². The average Bonchev–Trinajstić information content (AvgIpc) is 3.39. The zero-order valence-electron chi connectivity index (χ0n) is 15.8. The number of H-pyrrole nitrogens is 1. The van der Waals surface area contributed by atoms with E-state index >= 15 is 0 Å². The maximum Gasteiger partial charge on any atom is 0.267 e. The third kappa shape index (κ3) is 4.52. The van der Waals surface area contributed by atoms with E-state index in [4.69, 9.17) is 10.7 Å². The lowest BCUT2D eigenvalue weighted by Gasteiger charge is -2.31. The number of nitrogens with zero attached hydrogens (tertiary/aromatic N) is 3. The van der Waals surface area contributed by atoms with Crippen molar-refractivity contribution >= 4 is 28.3 Å². The van der Waals surface area contributed by atoms with Gasteiger partial charge in [0.1, 0.15) is 17.2 Å². The minimum Gasteiger partial charge on any atom is -0.364 e. The van der Waals surface area contributed by atoms with Gasteiger partial charge in [-0.3, -0.25) is 14.5 Å². The molecule has 150 valence electrons. The van der Waals surface area contributed by atoms with E-state index in [9.17, 15) is 9.59 Å². The number of likely N-dealkylation sites (tertiary alicyclic amines) is 1. The Morgan fingerprint density at radius 1 is 1.31 bits per heavy atom. The summed E-state index contributed by atoms with van der Waals surface area (Å²) >= 11 is 1.40. The number of aromatic amines is 1. The SMILES string of the molecule is NC(=O)c1[nH]c(C2CCCN(CC(=O)Nc3nccs3)C2)nc1-c1ccccc1. The Bertz CT molecular complexity index is 986. The molecule has 1 atom stereocenters. The van der Waals surface area contributed by atoms with Gasteiger partial charge in [-0.1, -0.05) is 30.3 Å². The molecule has 1 fully saturated rings. The molecular weight excluding hydrogens is 388 g/mol. The largest absolute Gasteiger partial charge is 0.364 e. The quantitative estimate of drug-likeness (QED) is 0.577. The fraction of sp³-hybridized carbons (Fsp3) is 0.300. The number of thiazole rings is 1.